The van der Waals surface area contributed by atoms with Gasteiger partial charge in [0.15, 0.2) is 0 Å². The number of rotatable bonds is 12. The van der Waals surface area contributed by atoms with Crippen molar-refractivity contribution < 1.29 is 4.39 Å². The standard InChI is InChI=1S/C37H41F/c1-3-5-7-9-10-29-12-14-30(15-13-29)16-17-31-18-20-32(21-19-31)22-23-33-24-27-36-35(28-33)26-25-34(37(36)38)11-8-6-4-2/h12-15,18-21,24-28H,3-11,16-17H2,1-2H3. The Morgan fingerprint density at radius 3 is 1.76 bits per heavy atom. The van der Waals surface area contributed by atoms with E-state index in [1.54, 1.807) is 0 Å². The van der Waals surface area contributed by atoms with Crippen LogP contribution in [0.15, 0.2) is 78.9 Å². The number of benzene rings is 4. The van der Waals surface area contributed by atoms with Gasteiger partial charge in [-0.1, -0.05) is 112 Å². The van der Waals surface area contributed by atoms with Gasteiger partial charge in [0.25, 0.3) is 0 Å². The first kappa shape index (κ1) is 27.7. The molecule has 0 saturated heterocycles. The molecule has 196 valence electrons. The highest BCUT2D eigenvalue weighted by Crippen LogP contribution is 2.24. The predicted molar refractivity (Wildman–Crippen MR) is 161 cm³/mol. The highest BCUT2D eigenvalue weighted by atomic mass is 19.1. The Morgan fingerprint density at radius 1 is 0.526 bits per heavy atom. The summed E-state index contributed by atoms with van der Waals surface area (Å²) in [6.45, 7) is 4.43. The minimum atomic E-state index is -0.0768. The summed E-state index contributed by atoms with van der Waals surface area (Å²) in [5, 5.41) is 1.60. The van der Waals surface area contributed by atoms with Crippen molar-refractivity contribution in [3.8, 4) is 11.8 Å². The average molecular weight is 505 g/mol. The van der Waals surface area contributed by atoms with Crippen molar-refractivity contribution in [3.05, 3.63) is 118 Å². The second-order valence-corrected chi connectivity index (χ2v) is 10.5. The molecule has 0 fully saturated rings. The Balaban J connectivity index is 1.32. The summed E-state index contributed by atoms with van der Waals surface area (Å²) >= 11 is 0. The predicted octanol–water partition coefficient (Wildman–Crippen LogP) is 10.0. The smallest absolute Gasteiger partial charge is 0.134 e. The molecule has 0 amide bonds. The number of hydrogen-bond donors (Lipinski definition) is 0. The molecule has 0 aromatic heterocycles. The fraction of sp³-hybridized carbons (Fsp3) is 0.351. The minimum absolute atomic E-state index is 0.0768. The maximum Gasteiger partial charge on any atom is 0.134 e. The Kier molecular flexibility index (Phi) is 10.6. The van der Waals surface area contributed by atoms with E-state index >= 15 is 0 Å². The lowest BCUT2D eigenvalue weighted by atomic mass is 10.00. The van der Waals surface area contributed by atoms with E-state index in [2.05, 4.69) is 74.2 Å². The van der Waals surface area contributed by atoms with Crippen molar-refractivity contribution in [3.63, 3.8) is 0 Å². The van der Waals surface area contributed by atoms with Gasteiger partial charge in [-0.25, -0.2) is 4.39 Å². The number of aryl methyl sites for hydroxylation is 4. The topological polar surface area (TPSA) is 0 Å². The summed E-state index contributed by atoms with van der Waals surface area (Å²) in [4.78, 5) is 0. The third-order valence-electron chi connectivity index (χ3n) is 7.43. The van der Waals surface area contributed by atoms with E-state index < -0.39 is 0 Å². The molecule has 0 nitrogen and oxygen atoms in total. The van der Waals surface area contributed by atoms with Crippen molar-refractivity contribution in [2.24, 2.45) is 0 Å². The van der Waals surface area contributed by atoms with Gasteiger partial charge < -0.3 is 0 Å². The molecular formula is C37H41F. The van der Waals surface area contributed by atoms with Crippen LogP contribution in [0.5, 0.6) is 0 Å². The van der Waals surface area contributed by atoms with Gasteiger partial charge in [-0.3, -0.25) is 0 Å². The van der Waals surface area contributed by atoms with Crippen molar-refractivity contribution >= 4 is 10.8 Å². The third-order valence-corrected chi connectivity index (χ3v) is 7.43. The summed E-state index contributed by atoms with van der Waals surface area (Å²) in [5.74, 6) is 6.46. The lowest BCUT2D eigenvalue weighted by Crippen LogP contribution is -1.93. The molecule has 0 spiro atoms. The van der Waals surface area contributed by atoms with Gasteiger partial charge in [-0.15, -0.1) is 0 Å². The summed E-state index contributed by atoms with van der Waals surface area (Å²) in [6.07, 6.45) is 12.7. The zero-order chi connectivity index (χ0) is 26.6. The zero-order valence-corrected chi connectivity index (χ0v) is 23.2. The summed E-state index contributed by atoms with van der Waals surface area (Å²) in [6, 6.07) is 27.5. The first-order valence-electron chi connectivity index (χ1n) is 14.6. The Bertz CT molecular complexity index is 1350. The molecule has 0 atom stereocenters. The quantitative estimate of drug-likeness (QED) is 0.133. The van der Waals surface area contributed by atoms with Gasteiger partial charge >= 0.3 is 0 Å². The van der Waals surface area contributed by atoms with E-state index in [-0.39, 0.29) is 5.82 Å². The van der Waals surface area contributed by atoms with Crippen LogP contribution in [0.2, 0.25) is 0 Å². The van der Waals surface area contributed by atoms with Crippen LogP contribution in [-0.4, -0.2) is 0 Å². The van der Waals surface area contributed by atoms with E-state index in [1.165, 1.54) is 48.8 Å². The second-order valence-electron chi connectivity index (χ2n) is 10.5. The van der Waals surface area contributed by atoms with Gasteiger partial charge in [0, 0.05) is 16.5 Å². The molecule has 4 aromatic carbocycles. The number of halogens is 1. The van der Waals surface area contributed by atoms with Crippen LogP contribution in [0.3, 0.4) is 0 Å². The van der Waals surface area contributed by atoms with E-state index in [0.717, 1.165) is 60.6 Å². The Morgan fingerprint density at radius 2 is 1.08 bits per heavy atom. The molecule has 0 aliphatic carbocycles. The highest BCUT2D eigenvalue weighted by molar-refractivity contribution is 5.85. The number of unbranched alkanes of at least 4 members (excludes halogenated alkanes) is 5. The normalized spacial score (nSPS) is 10.9. The number of fused-ring (bicyclic) bond motifs is 1. The maximum absolute atomic E-state index is 14.9. The van der Waals surface area contributed by atoms with Crippen LogP contribution in [0.4, 0.5) is 4.39 Å². The van der Waals surface area contributed by atoms with Crippen LogP contribution in [0, 0.1) is 17.7 Å². The van der Waals surface area contributed by atoms with Crippen molar-refractivity contribution in [1.29, 1.82) is 0 Å². The lowest BCUT2D eigenvalue weighted by molar-refractivity contribution is 0.609. The van der Waals surface area contributed by atoms with Gasteiger partial charge in [0.05, 0.1) is 0 Å². The molecule has 0 aliphatic rings. The van der Waals surface area contributed by atoms with Crippen LogP contribution in [0.25, 0.3) is 10.8 Å². The lowest BCUT2D eigenvalue weighted by Gasteiger charge is -2.07. The highest BCUT2D eigenvalue weighted by Gasteiger charge is 2.07. The minimum Gasteiger partial charge on any atom is -0.206 e. The molecule has 4 rings (SSSR count). The average Bonchev–Trinajstić information content (AvgIpc) is 2.95. The molecule has 0 N–H and O–H groups in total. The van der Waals surface area contributed by atoms with Gasteiger partial charge in [-0.05, 0) is 90.4 Å². The van der Waals surface area contributed by atoms with E-state index in [9.17, 15) is 4.39 Å². The Labute approximate surface area is 229 Å². The first-order valence-corrected chi connectivity index (χ1v) is 14.6. The molecule has 0 radical (unpaired) electrons. The van der Waals surface area contributed by atoms with E-state index in [0.29, 0.717) is 5.39 Å². The van der Waals surface area contributed by atoms with Gasteiger partial charge in [0.2, 0.25) is 0 Å². The summed E-state index contributed by atoms with van der Waals surface area (Å²) in [5.41, 5.74) is 6.91. The van der Waals surface area contributed by atoms with E-state index in [1.807, 2.05) is 30.3 Å². The maximum atomic E-state index is 14.9. The monoisotopic (exact) mass is 504 g/mol. The molecule has 0 bridgehead atoms. The number of hydrogen-bond acceptors (Lipinski definition) is 0. The Hall–Kier alpha value is -3.37. The molecule has 0 unspecified atom stereocenters. The fourth-order valence-electron chi connectivity index (χ4n) is 4.99. The fourth-order valence-corrected chi connectivity index (χ4v) is 4.99. The van der Waals surface area contributed by atoms with Crippen LogP contribution < -0.4 is 0 Å². The molecular weight excluding hydrogens is 463 g/mol. The molecule has 0 aliphatic heterocycles. The molecule has 1 heteroatoms. The largest absolute Gasteiger partial charge is 0.206 e. The van der Waals surface area contributed by atoms with Gasteiger partial charge in [-0.2, -0.15) is 0 Å². The first-order chi connectivity index (χ1) is 18.7. The van der Waals surface area contributed by atoms with E-state index in [4.69, 9.17) is 0 Å². The summed E-state index contributed by atoms with van der Waals surface area (Å²) < 4.78 is 14.9. The summed E-state index contributed by atoms with van der Waals surface area (Å²) in [7, 11) is 0. The van der Waals surface area contributed by atoms with Crippen LogP contribution in [0.1, 0.15) is 92.2 Å². The molecule has 4 aromatic rings. The third kappa shape index (κ3) is 8.06. The van der Waals surface area contributed by atoms with Gasteiger partial charge in [0.1, 0.15) is 5.82 Å². The van der Waals surface area contributed by atoms with Crippen molar-refractivity contribution in [2.45, 2.75) is 84.5 Å². The van der Waals surface area contributed by atoms with Crippen LogP contribution >= 0.6 is 0 Å². The SMILES string of the molecule is CCCCCCc1ccc(CCc2ccc(C#Cc3ccc4c(F)c(CCCCC)ccc4c3)cc2)cc1. The molecule has 0 saturated carbocycles. The van der Waals surface area contributed by atoms with Crippen molar-refractivity contribution in [1.82, 2.24) is 0 Å². The van der Waals surface area contributed by atoms with Crippen LogP contribution in [-0.2, 0) is 25.7 Å². The molecule has 0 heterocycles. The van der Waals surface area contributed by atoms with Crippen molar-refractivity contribution in [2.75, 3.05) is 0 Å². The zero-order valence-electron chi connectivity index (χ0n) is 23.2. The molecule has 38 heavy (non-hydrogen) atoms. The second kappa shape index (κ2) is 14.5.